The minimum atomic E-state index is -3.13. The van der Waals surface area contributed by atoms with Crippen molar-refractivity contribution >= 4 is 10.0 Å². The maximum absolute atomic E-state index is 12.6. The number of nitrogens with zero attached hydrogens (tertiary/aromatic N) is 4. The van der Waals surface area contributed by atoms with Gasteiger partial charge in [0.25, 0.3) is 0 Å². The summed E-state index contributed by atoms with van der Waals surface area (Å²) >= 11 is 0. The fraction of sp³-hybridized carbons (Fsp3) is 0.867. The topological polar surface area (TPSA) is 68.1 Å². The average Bonchev–Trinajstić information content (AvgIpc) is 3.17. The number of piperidine rings is 1. The molecule has 0 amide bonds. The maximum atomic E-state index is 12.6. The summed E-state index contributed by atoms with van der Waals surface area (Å²) in [5.41, 5.74) is 0.915. The predicted molar refractivity (Wildman–Crippen MR) is 84.9 cm³/mol. The van der Waals surface area contributed by atoms with Gasteiger partial charge in [-0.3, -0.25) is 4.68 Å². The molecule has 2 heterocycles. The Morgan fingerprint density at radius 2 is 2.00 bits per heavy atom. The first-order chi connectivity index (χ1) is 10.5. The lowest BCUT2D eigenvalue weighted by atomic mass is 9.97. The van der Waals surface area contributed by atoms with Gasteiger partial charge in [-0.25, -0.2) is 12.7 Å². The van der Waals surface area contributed by atoms with Gasteiger partial charge in [0.1, 0.15) is 0 Å². The molecule has 1 saturated heterocycles. The summed E-state index contributed by atoms with van der Waals surface area (Å²) in [4.78, 5) is 0. The van der Waals surface area contributed by atoms with Crippen molar-refractivity contribution in [2.24, 2.45) is 13.0 Å². The van der Waals surface area contributed by atoms with Gasteiger partial charge in [0.05, 0.1) is 11.4 Å². The molecule has 0 spiro atoms. The number of aryl methyl sites for hydroxylation is 1. The molecule has 1 aromatic rings. The molecule has 7 heteroatoms. The lowest BCUT2D eigenvalue weighted by molar-refractivity contribution is 0.311. The van der Waals surface area contributed by atoms with Crippen molar-refractivity contribution in [3.63, 3.8) is 0 Å². The third kappa shape index (κ3) is 3.68. The van der Waals surface area contributed by atoms with Crippen LogP contribution in [0.25, 0.3) is 0 Å². The van der Waals surface area contributed by atoms with E-state index in [4.69, 9.17) is 0 Å². The molecule has 0 aromatic carbocycles. The fourth-order valence-corrected chi connectivity index (χ4v) is 5.44. The minimum absolute atomic E-state index is 0.184. The van der Waals surface area contributed by atoms with E-state index in [0.29, 0.717) is 24.8 Å². The van der Waals surface area contributed by atoms with Crippen LogP contribution < -0.4 is 0 Å². The first kappa shape index (κ1) is 15.9. The van der Waals surface area contributed by atoms with Crippen molar-refractivity contribution in [2.45, 2.75) is 50.9 Å². The number of hydrogen-bond acceptors (Lipinski definition) is 4. The molecule has 22 heavy (non-hydrogen) atoms. The summed E-state index contributed by atoms with van der Waals surface area (Å²) in [6.45, 7) is 1.22. The highest BCUT2D eigenvalue weighted by molar-refractivity contribution is 7.89. The minimum Gasteiger partial charge on any atom is -0.255 e. The van der Waals surface area contributed by atoms with Crippen LogP contribution >= 0.6 is 0 Å². The molecular weight excluding hydrogens is 300 g/mol. The lowest BCUT2D eigenvalue weighted by Gasteiger charge is -2.31. The van der Waals surface area contributed by atoms with Gasteiger partial charge in [-0.2, -0.15) is 0 Å². The highest BCUT2D eigenvalue weighted by Gasteiger charge is 2.31. The molecular formula is C15H26N4O2S. The van der Waals surface area contributed by atoms with Crippen LogP contribution in [0.3, 0.4) is 0 Å². The third-order valence-electron chi connectivity index (χ3n) is 5.07. The quantitative estimate of drug-likeness (QED) is 0.829. The van der Waals surface area contributed by atoms with Gasteiger partial charge in [0.15, 0.2) is 0 Å². The van der Waals surface area contributed by atoms with E-state index in [1.807, 2.05) is 13.2 Å². The Kier molecular flexibility index (Phi) is 4.82. The van der Waals surface area contributed by atoms with Gasteiger partial charge in [-0.1, -0.05) is 30.9 Å². The molecule has 3 rings (SSSR count). The second kappa shape index (κ2) is 6.66. The summed E-state index contributed by atoms with van der Waals surface area (Å²) in [6, 6.07) is 0. The Balaban J connectivity index is 1.60. The molecule has 1 aromatic heterocycles. The first-order valence-corrected chi connectivity index (χ1v) is 9.99. The predicted octanol–water partition coefficient (Wildman–Crippen LogP) is 1.90. The van der Waals surface area contributed by atoms with Gasteiger partial charge in [-0.15, -0.1) is 5.10 Å². The maximum Gasteiger partial charge on any atom is 0.214 e. The Hall–Kier alpha value is -0.950. The second-order valence-corrected chi connectivity index (χ2v) is 8.86. The van der Waals surface area contributed by atoms with Crippen LogP contribution in [0.2, 0.25) is 0 Å². The van der Waals surface area contributed by atoms with Crippen molar-refractivity contribution in [1.82, 2.24) is 19.3 Å². The van der Waals surface area contributed by atoms with Crippen LogP contribution in [-0.4, -0.2) is 46.6 Å². The summed E-state index contributed by atoms with van der Waals surface area (Å²) < 4.78 is 28.6. The van der Waals surface area contributed by atoms with E-state index in [0.717, 1.165) is 25.0 Å². The number of rotatable bonds is 5. The van der Waals surface area contributed by atoms with Crippen LogP contribution in [-0.2, 0) is 17.1 Å². The molecule has 124 valence electrons. The smallest absolute Gasteiger partial charge is 0.214 e. The highest BCUT2D eigenvalue weighted by Crippen LogP contribution is 2.30. The summed E-state index contributed by atoms with van der Waals surface area (Å²) in [5.74, 6) is 1.12. The van der Waals surface area contributed by atoms with E-state index in [1.54, 1.807) is 8.99 Å². The molecule has 0 radical (unpaired) electrons. The van der Waals surface area contributed by atoms with E-state index in [1.165, 1.54) is 25.7 Å². The van der Waals surface area contributed by atoms with Gasteiger partial charge < -0.3 is 0 Å². The van der Waals surface area contributed by atoms with Crippen LogP contribution in [0, 0.1) is 5.92 Å². The monoisotopic (exact) mass is 326 g/mol. The first-order valence-electron chi connectivity index (χ1n) is 8.38. The van der Waals surface area contributed by atoms with Gasteiger partial charge in [0, 0.05) is 32.3 Å². The standard InChI is InChI=1S/C15H26N4O2S/c1-18-12-15(16-17-18)14-7-4-9-19(11-14)22(20,21)10-8-13-5-2-3-6-13/h12-14H,2-11H2,1H3. The summed E-state index contributed by atoms with van der Waals surface area (Å²) in [7, 11) is -1.28. The lowest BCUT2D eigenvalue weighted by Crippen LogP contribution is -2.40. The van der Waals surface area contributed by atoms with Crippen molar-refractivity contribution in [2.75, 3.05) is 18.8 Å². The van der Waals surface area contributed by atoms with Crippen LogP contribution in [0.15, 0.2) is 6.20 Å². The molecule has 1 aliphatic carbocycles. The molecule has 0 N–H and O–H groups in total. The largest absolute Gasteiger partial charge is 0.255 e. The SMILES string of the molecule is Cn1cc(C2CCCN(S(=O)(=O)CCC3CCCC3)C2)nn1. The van der Waals surface area contributed by atoms with E-state index in [9.17, 15) is 8.42 Å². The second-order valence-electron chi connectivity index (χ2n) is 6.77. The zero-order chi connectivity index (χ0) is 15.6. The van der Waals surface area contributed by atoms with Gasteiger partial charge in [0.2, 0.25) is 10.0 Å². The normalized spacial score (nSPS) is 24.9. The molecule has 1 unspecified atom stereocenters. The highest BCUT2D eigenvalue weighted by atomic mass is 32.2. The Labute approximate surface area is 132 Å². The molecule has 6 nitrogen and oxygen atoms in total. The number of hydrogen-bond donors (Lipinski definition) is 0. The Morgan fingerprint density at radius 1 is 1.23 bits per heavy atom. The fourth-order valence-electron chi connectivity index (χ4n) is 3.73. The number of aromatic nitrogens is 3. The molecule has 1 atom stereocenters. The van der Waals surface area contributed by atoms with Crippen molar-refractivity contribution < 1.29 is 8.42 Å². The van der Waals surface area contributed by atoms with E-state index < -0.39 is 10.0 Å². The molecule has 1 saturated carbocycles. The Bertz CT molecular complexity index is 592. The van der Waals surface area contributed by atoms with Crippen LogP contribution in [0.1, 0.15) is 56.6 Å². The van der Waals surface area contributed by atoms with Crippen molar-refractivity contribution in [1.29, 1.82) is 0 Å². The molecule has 2 fully saturated rings. The van der Waals surface area contributed by atoms with Crippen molar-refractivity contribution in [3.8, 4) is 0 Å². The zero-order valence-electron chi connectivity index (χ0n) is 13.3. The van der Waals surface area contributed by atoms with E-state index >= 15 is 0 Å². The third-order valence-corrected chi connectivity index (χ3v) is 6.95. The summed E-state index contributed by atoms with van der Waals surface area (Å²) in [5, 5.41) is 8.12. The van der Waals surface area contributed by atoms with Gasteiger partial charge in [-0.05, 0) is 25.2 Å². The Morgan fingerprint density at radius 3 is 2.68 bits per heavy atom. The zero-order valence-corrected chi connectivity index (χ0v) is 14.1. The van der Waals surface area contributed by atoms with Gasteiger partial charge >= 0.3 is 0 Å². The molecule has 1 aliphatic heterocycles. The average molecular weight is 326 g/mol. The van der Waals surface area contributed by atoms with Crippen molar-refractivity contribution in [3.05, 3.63) is 11.9 Å². The van der Waals surface area contributed by atoms with E-state index in [2.05, 4.69) is 10.3 Å². The van der Waals surface area contributed by atoms with Crippen LogP contribution in [0.4, 0.5) is 0 Å². The molecule has 0 bridgehead atoms. The summed E-state index contributed by atoms with van der Waals surface area (Å²) in [6.07, 6.45) is 9.58. The van der Waals surface area contributed by atoms with E-state index in [-0.39, 0.29) is 5.92 Å². The number of sulfonamides is 1. The van der Waals surface area contributed by atoms with Crippen LogP contribution in [0.5, 0.6) is 0 Å². The molecule has 2 aliphatic rings.